The molecule has 1 aromatic heterocycles. The van der Waals surface area contributed by atoms with Crippen molar-refractivity contribution in [2.24, 2.45) is 7.05 Å². The van der Waals surface area contributed by atoms with Crippen LogP contribution in [0.2, 0.25) is 0 Å². The zero-order valence-corrected chi connectivity index (χ0v) is 13.1. The molecule has 0 amide bonds. The van der Waals surface area contributed by atoms with Crippen molar-refractivity contribution in [1.82, 2.24) is 9.78 Å². The highest BCUT2D eigenvalue weighted by molar-refractivity contribution is 5.54. The van der Waals surface area contributed by atoms with E-state index in [-0.39, 0.29) is 10.6 Å². The maximum absolute atomic E-state index is 10.8. The number of benzene rings is 1. The van der Waals surface area contributed by atoms with Gasteiger partial charge in [-0.05, 0) is 38.8 Å². The summed E-state index contributed by atoms with van der Waals surface area (Å²) in [5.41, 5.74) is 4.72. The van der Waals surface area contributed by atoms with Crippen molar-refractivity contribution in [3.05, 3.63) is 51.3 Å². The van der Waals surface area contributed by atoms with Gasteiger partial charge in [0.25, 0.3) is 5.69 Å². The van der Waals surface area contributed by atoms with Gasteiger partial charge in [0.15, 0.2) is 0 Å². The number of aryl methyl sites for hydroxylation is 2. The van der Waals surface area contributed by atoms with Gasteiger partial charge in [0, 0.05) is 42.7 Å². The number of rotatable bonds is 3. The number of aromatic nitrogens is 2. The predicted molar refractivity (Wildman–Crippen MR) is 85.1 cm³/mol. The van der Waals surface area contributed by atoms with Crippen molar-refractivity contribution < 1.29 is 4.92 Å². The fraction of sp³-hybridized carbons (Fsp3) is 0.438. The molecule has 1 atom stereocenters. The van der Waals surface area contributed by atoms with Crippen LogP contribution in [0.5, 0.6) is 0 Å². The molecule has 2 heterocycles. The van der Waals surface area contributed by atoms with E-state index in [0.29, 0.717) is 6.04 Å². The second-order valence-corrected chi connectivity index (χ2v) is 5.83. The van der Waals surface area contributed by atoms with Crippen LogP contribution >= 0.6 is 0 Å². The molecule has 22 heavy (non-hydrogen) atoms. The summed E-state index contributed by atoms with van der Waals surface area (Å²) in [6.45, 7) is 5.12. The van der Waals surface area contributed by atoms with Crippen LogP contribution in [-0.2, 0) is 7.05 Å². The third-order valence-electron chi connectivity index (χ3n) is 4.54. The molecule has 2 aromatic rings. The first-order chi connectivity index (χ1) is 10.5. The van der Waals surface area contributed by atoms with Crippen LogP contribution < -0.4 is 4.90 Å². The van der Waals surface area contributed by atoms with Gasteiger partial charge in [-0.3, -0.25) is 14.8 Å². The Kier molecular flexibility index (Phi) is 3.60. The second kappa shape index (κ2) is 5.44. The zero-order valence-electron chi connectivity index (χ0n) is 13.1. The first-order valence-electron chi connectivity index (χ1n) is 7.50. The largest absolute Gasteiger partial charge is 0.364 e. The average Bonchev–Trinajstić information content (AvgIpc) is 3.04. The zero-order chi connectivity index (χ0) is 15.9. The molecule has 0 radical (unpaired) electrons. The van der Waals surface area contributed by atoms with Crippen molar-refractivity contribution in [1.29, 1.82) is 0 Å². The molecule has 6 nitrogen and oxygen atoms in total. The standard InChI is InChI=1S/C16H20N4O2/c1-11-16(12(2)18(3)17-11)15-5-4-10-19(15)13-6-8-14(9-7-13)20(21)22/h6-9,15H,4-5,10H2,1-3H3. The molecule has 6 heteroatoms. The Bertz CT molecular complexity index is 706. The number of nitro groups is 1. The van der Waals surface area contributed by atoms with Gasteiger partial charge in [0.1, 0.15) is 0 Å². The topological polar surface area (TPSA) is 64.2 Å². The van der Waals surface area contributed by atoms with Crippen LogP contribution in [0.1, 0.15) is 35.8 Å². The SMILES string of the molecule is Cc1nn(C)c(C)c1C1CCCN1c1ccc([N+](=O)[O-])cc1. The fourth-order valence-electron chi connectivity index (χ4n) is 3.41. The fourth-order valence-corrected chi connectivity index (χ4v) is 3.41. The Morgan fingerprint density at radius 2 is 1.95 bits per heavy atom. The van der Waals surface area contributed by atoms with Crippen LogP contribution in [0, 0.1) is 24.0 Å². The van der Waals surface area contributed by atoms with Crippen molar-refractivity contribution in [2.75, 3.05) is 11.4 Å². The molecule has 1 unspecified atom stereocenters. The summed E-state index contributed by atoms with van der Waals surface area (Å²) in [5, 5.41) is 15.3. The normalized spacial score (nSPS) is 18.0. The summed E-state index contributed by atoms with van der Waals surface area (Å²) >= 11 is 0. The quantitative estimate of drug-likeness (QED) is 0.644. The molecule has 0 bridgehead atoms. The maximum Gasteiger partial charge on any atom is 0.269 e. The van der Waals surface area contributed by atoms with Crippen LogP contribution in [-0.4, -0.2) is 21.2 Å². The molecular formula is C16H20N4O2. The lowest BCUT2D eigenvalue weighted by molar-refractivity contribution is -0.384. The molecule has 1 aromatic carbocycles. The second-order valence-electron chi connectivity index (χ2n) is 5.83. The van der Waals surface area contributed by atoms with Gasteiger partial charge >= 0.3 is 0 Å². The molecule has 1 fully saturated rings. The van der Waals surface area contributed by atoms with Crippen LogP contribution in [0.3, 0.4) is 0 Å². The lowest BCUT2D eigenvalue weighted by atomic mass is 10.0. The predicted octanol–water partition coefficient (Wildman–Crippen LogP) is 3.29. The summed E-state index contributed by atoms with van der Waals surface area (Å²) in [5.74, 6) is 0. The first-order valence-corrected chi connectivity index (χ1v) is 7.50. The van der Waals surface area contributed by atoms with E-state index in [4.69, 9.17) is 0 Å². The molecule has 1 aliphatic rings. The number of nitro benzene ring substituents is 1. The van der Waals surface area contributed by atoms with E-state index >= 15 is 0 Å². The van der Waals surface area contributed by atoms with Crippen molar-refractivity contribution >= 4 is 11.4 Å². The van der Waals surface area contributed by atoms with E-state index in [1.165, 1.54) is 11.3 Å². The van der Waals surface area contributed by atoms with Crippen LogP contribution in [0.4, 0.5) is 11.4 Å². The molecule has 0 aliphatic carbocycles. The van der Waals surface area contributed by atoms with Crippen LogP contribution in [0.15, 0.2) is 24.3 Å². The number of nitrogens with zero attached hydrogens (tertiary/aromatic N) is 4. The lowest BCUT2D eigenvalue weighted by Crippen LogP contribution is -2.23. The minimum absolute atomic E-state index is 0.133. The number of anilines is 1. The van der Waals surface area contributed by atoms with Crippen LogP contribution in [0.25, 0.3) is 0 Å². The molecule has 1 saturated heterocycles. The highest BCUT2D eigenvalue weighted by Gasteiger charge is 2.30. The first kappa shape index (κ1) is 14.6. The Balaban J connectivity index is 1.94. The molecule has 116 valence electrons. The minimum Gasteiger partial charge on any atom is -0.364 e. The van der Waals surface area contributed by atoms with Gasteiger partial charge in [0.05, 0.1) is 16.7 Å². The summed E-state index contributed by atoms with van der Waals surface area (Å²) in [6.07, 6.45) is 2.21. The van der Waals surface area contributed by atoms with Gasteiger partial charge in [-0.2, -0.15) is 5.10 Å². The Morgan fingerprint density at radius 3 is 2.50 bits per heavy atom. The van der Waals surface area contributed by atoms with E-state index in [1.807, 2.05) is 23.9 Å². The summed E-state index contributed by atoms with van der Waals surface area (Å²) in [4.78, 5) is 12.8. The number of hydrogen-bond acceptors (Lipinski definition) is 4. The molecule has 1 aliphatic heterocycles. The molecule has 3 rings (SSSR count). The number of hydrogen-bond donors (Lipinski definition) is 0. The van der Waals surface area contributed by atoms with E-state index in [2.05, 4.69) is 23.8 Å². The Labute approximate surface area is 129 Å². The average molecular weight is 300 g/mol. The highest BCUT2D eigenvalue weighted by atomic mass is 16.6. The van der Waals surface area contributed by atoms with Gasteiger partial charge < -0.3 is 4.90 Å². The highest BCUT2D eigenvalue weighted by Crippen LogP contribution is 2.38. The van der Waals surface area contributed by atoms with Gasteiger partial charge in [-0.1, -0.05) is 0 Å². The minimum atomic E-state index is -0.360. The van der Waals surface area contributed by atoms with E-state index in [9.17, 15) is 10.1 Å². The van der Waals surface area contributed by atoms with Gasteiger partial charge in [-0.15, -0.1) is 0 Å². The summed E-state index contributed by atoms with van der Waals surface area (Å²) in [7, 11) is 1.97. The third-order valence-corrected chi connectivity index (χ3v) is 4.54. The molecular weight excluding hydrogens is 280 g/mol. The van der Waals surface area contributed by atoms with Gasteiger partial charge in [-0.25, -0.2) is 0 Å². The lowest BCUT2D eigenvalue weighted by Gasteiger charge is -2.27. The smallest absolute Gasteiger partial charge is 0.269 e. The molecule has 0 spiro atoms. The summed E-state index contributed by atoms with van der Waals surface area (Å²) < 4.78 is 1.93. The Morgan fingerprint density at radius 1 is 1.27 bits per heavy atom. The molecule has 0 saturated carbocycles. The monoisotopic (exact) mass is 300 g/mol. The Hall–Kier alpha value is -2.37. The van der Waals surface area contributed by atoms with Crippen molar-refractivity contribution in [2.45, 2.75) is 32.7 Å². The third kappa shape index (κ3) is 2.34. The van der Waals surface area contributed by atoms with Crippen molar-refractivity contribution in [3.63, 3.8) is 0 Å². The van der Waals surface area contributed by atoms with Gasteiger partial charge in [0.2, 0.25) is 0 Å². The molecule has 0 N–H and O–H groups in total. The summed E-state index contributed by atoms with van der Waals surface area (Å²) in [6, 6.07) is 7.14. The number of non-ortho nitro benzene ring substituents is 1. The van der Waals surface area contributed by atoms with E-state index < -0.39 is 0 Å². The van der Waals surface area contributed by atoms with E-state index in [0.717, 1.165) is 30.8 Å². The van der Waals surface area contributed by atoms with E-state index in [1.54, 1.807) is 12.1 Å². The maximum atomic E-state index is 10.8. The van der Waals surface area contributed by atoms with Crippen molar-refractivity contribution in [3.8, 4) is 0 Å².